The number of imidazole rings is 1. The van der Waals surface area contributed by atoms with Gasteiger partial charge in [0.25, 0.3) is 0 Å². The lowest BCUT2D eigenvalue weighted by Gasteiger charge is -1.96. The molecule has 3 nitrogen and oxygen atoms in total. The summed E-state index contributed by atoms with van der Waals surface area (Å²) in [5.74, 6) is 0.808. The smallest absolute Gasteiger partial charge is 0.120 e. The van der Waals surface area contributed by atoms with Gasteiger partial charge in [-0.1, -0.05) is 28.1 Å². The summed E-state index contributed by atoms with van der Waals surface area (Å²) in [5, 5.41) is 0. The van der Waals surface area contributed by atoms with Gasteiger partial charge in [0.05, 0.1) is 18.4 Å². The molecule has 0 atom stereocenters. The molecule has 3 N–H and O–H groups in total. The van der Waals surface area contributed by atoms with Crippen molar-refractivity contribution >= 4 is 40.7 Å². The molecule has 16 heavy (non-hydrogen) atoms. The highest BCUT2D eigenvalue weighted by molar-refractivity contribution is 9.10. The maximum atomic E-state index is 5.46. The van der Waals surface area contributed by atoms with Crippen LogP contribution in [-0.2, 0) is 6.54 Å². The average Bonchev–Trinajstić information content (AvgIpc) is 2.67. The van der Waals surface area contributed by atoms with Gasteiger partial charge in [0.15, 0.2) is 0 Å². The molecular weight excluding hydrogens is 313 g/mol. The van der Waals surface area contributed by atoms with Crippen LogP contribution in [0.1, 0.15) is 5.82 Å². The summed E-state index contributed by atoms with van der Waals surface area (Å²) in [6, 6.07) is 8.05. The Kier molecular flexibility index (Phi) is 6.67. The van der Waals surface area contributed by atoms with Gasteiger partial charge in [0.2, 0.25) is 0 Å². The van der Waals surface area contributed by atoms with Crippen molar-refractivity contribution in [3.8, 4) is 11.3 Å². The fourth-order valence-corrected chi connectivity index (χ4v) is 1.51. The average molecular weight is 325 g/mol. The Morgan fingerprint density at radius 1 is 1.19 bits per heavy atom. The molecule has 0 amide bonds. The SMILES string of the molecule is Cl.Cl.NCc1ncc(-c2ccc(Br)cc2)[nH]1. The highest BCUT2D eigenvalue weighted by atomic mass is 79.9. The van der Waals surface area contributed by atoms with Gasteiger partial charge in [-0.05, 0) is 17.7 Å². The van der Waals surface area contributed by atoms with E-state index in [4.69, 9.17) is 5.73 Å². The Hall–Kier alpha value is -0.550. The first kappa shape index (κ1) is 15.4. The monoisotopic (exact) mass is 323 g/mol. The second kappa shape index (κ2) is 6.91. The van der Waals surface area contributed by atoms with Crippen molar-refractivity contribution < 1.29 is 0 Å². The van der Waals surface area contributed by atoms with Crippen LogP contribution in [0.25, 0.3) is 11.3 Å². The minimum atomic E-state index is 0. The van der Waals surface area contributed by atoms with Crippen LogP contribution in [0, 0.1) is 0 Å². The summed E-state index contributed by atoms with van der Waals surface area (Å²) in [6.45, 7) is 0.441. The normalized spacial score (nSPS) is 9.12. The lowest BCUT2D eigenvalue weighted by Crippen LogP contribution is -1.97. The number of benzene rings is 1. The highest BCUT2D eigenvalue weighted by Gasteiger charge is 2.01. The van der Waals surface area contributed by atoms with E-state index in [-0.39, 0.29) is 24.8 Å². The lowest BCUT2D eigenvalue weighted by atomic mass is 10.2. The van der Waals surface area contributed by atoms with Gasteiger partial charge in [-0.3, -0.25) is 0 Å². The van der Waals surface area contributed by atoms with E-state index in [1.807, 2.05) is 24.3 Å². The molecule has 0 saturated carbocycles. The van der Waals surface area contributed by atoms with Gasteiger partial charge in [-0.25, -0.2) is 4.98 Å². The van der Waals surface area contributed by atoms with E-state index < -0.39 is 0 Å². The molecule has 2 rings (SSSR count). The molecule has 6 heteroatoms. The summed E-state index contributed by atoms with van der Waals surface area (Å²) in [5.41, 5.74) is 7.57. The second-order valence-electron chi connectivity index (χ2n) is 2.95. The van der Waals surface area contributed by atoms with E-state index >= 15 is 0 Å². The summed E-state index contributed by atoms with van der Waals surface area (Å²) >= 11 is 3.39. The Balaban J connectivity index is 0.00000112. The van der Waals surface area contributed by atoms with Crippen molar-refractivity contribution in [2.45, 2.75) is 6.54 Å². The molecule has 0 bridgehead atoms. The van der Waals surface area contributed by atoms with Crippen LogP contribution in [-0.4, -0.2) is 9.97 Å². The number of hydrogen-bond acceptors (Lipinski definition) is 2. The number of nitrogens with zero attached hydrogens (tertiary/aromatic N) is 1. The maximum absolute atomic E-state index is 5.46. The first-order valence-electron chi connectivity index (χ1n) is 4.29. The zero-order valence-corrected chi connectivity index (χ0v) is 11.5. The number of rotatable bonds is 2. The van der Waals surface area contributed by atoms with Gasteiger partial charge in [-0.2, -0.15) is 0 Å². The number of aromatic amines is 1. The van der Waals surface area contributed by atoms with Crippen molar-refractivity contribution in [3.63, 3.8) is 0 Å². The van der Waals surface area contributed by atoms with Gasteiger partial charge < -0.3 is 10.7 Å². The van der Waals surface area contributed by atoms with Gasteiger partial charge in [-0.15, -0.1) is 24.8 Å². The van der Waals surface area contributed by atoms with Crippen LogP contribution in [0.2, 0.25) is 0 Å². The molecule has 1 aromatic heterocycles. The van der Waals surface area contributed by atoms with Crippen molar-refractivity contribution in [1.29, 1.82) is 0 Å². The molecule has 0 aliphatic rings. The van der Waals surface area contributed by atoms with E-state index in [9.17, 15) is 0 Å². The Morgan fingerprint density at radius 3 is 2.31 bits per heavy atom. The molecule has 0 saturated heterocycles. The van der Waals surface area contributed by atoms with E-state index in [2.05, 4.69) is 25.9 Å². The van der Waals surface area contributed by atoms with Crippen LogP contribution in [0.3, 0.4) is 0 Å². The highest BCUT2D eigenvalue weighted by Crippen LogP contribution is 2.19. The standard InChI is InChI=1S/C10H10BrN3.2ClH/c11-8-3-1-7(2-4-8)9-6-13-10(5-12)14-9;;/h1-4,6H,5,12H2,(H,13,14);2*1H. The van der Waals surface area contributed by atoms with E-state index in [0.717, 1.165) is 21.6 Å². The van der Waals surface area contributed by atoms with Crippen molar-refractivity contribution in [3.05, 3.63) is 40.8 Å². The summed E-state index contributed by atoms with van der Waals surface area (Å²) in [4.78, 5) is 7.29. The molecule has 88 valence electrons. The Labute approximate surface area is 115 Å². The molecule has 0 unspecified atom stereocenters. The first-order valence-corrected chi connectivity index (χ1v) is 5.09. The molecule has 0 aliphatic heterocycles. The molecule has 2 aromatic rings. The minimum absolute atomic E-state index is 0. The molecular formula is C10H12BrCl2N3. The van der Waals surface area contributed by atoms with E-state index in [1.54, 1.807) is 6.20 Å². The quantitative estimate of drug-likeness (QED) is 0.891. The molecule has 0 fully saturated rings. The van der Waals surface area contributed by atoms with Crippen LogP contribution in [0.15, 0.2) is 34.9 Å². The summed E-state index contributed by atoms with van der Waals surface area (Å²) in [6.07, 6.45) is 1.80. The maximum Gasteiger partial charge on any atom is 0.120 e. The number of nitrogens with one attached hydrogen (secondary N) is 1. The largest absolute Gasteiger partial charge is 0.341 e. The Morgan fingerprint density at radius 2 is 1.81 bits per heavy atom. The lowest BCUT2D eigenvalue weighted by molar-refractivity contribution is 0.950. The zero-order valence-electron chi connectivity index (χ0n) is 8.31. The fraction of sp³-hybridized carbons (Fsp3) is 0.100. The van der Waals surface area contributed by atoms with Crippen LogP contribution >= 0.6 is 40.7 Å². The van der Waals surface area contributed by atoms with Crippen molar-refractivity contribution in [2.24, 2.45) is 5.73 Å². The molecule has 0 spiro atoms. The van der Waals surface area contributed by atoms with E-state index in [1.165, 1.54) is 0 Å². The van der Waals surface area contributed by atoms with E-state index in [0.29, 0.717) is 6.54 Å². The van der Waals surface area contributed by atoms with Crippen LogP contribution in [0.5, 0.6) is 0 Å². The number of hydrogen-bond donors (Lipinski definition) is 2. The molecule has 0 radical (unpaired) electrons. The van der Waals surface area contributed by atoms with Crippen molar-refractivity contribution in [1.82, 2.24) is 9.97 Å². The zero-order chi connectivity index (χ0) is 9.97. The van der Waals surface area contributed by atoms with Gasteiger partial charge >= 0.3 is 0 Å². The topological polar surface area (TPSA) is 54.7 Å². The molecule has 0 aliphatic carbocycles. The summed E-state index contributed by atoms with van der Waals surface area (Å²) < 4.78 is 1.07. The Bertz CT molecular complexity index is 428. The number of nitrogens with two attached hydrogens (primary N) is 1. The van der Waals surface area contributed by atoms with Crippen molar-refractivity contribution in [2.75, 3.05) is 0 Å². The predicted octanol–water partition coefficient (Wildman–Crippen LogP) is 3.14. The predicted molar refractivity (Wildman–Crippen MR) is 74.1 cm³/mol. The summed E-state index contributed by atoms with van der Waals surface area (Å²) in [7, 11) is 0. The molecule has 1 heterocycles. The fourth-order valence-electron chi connectivity index (χ4n) is 1.24. The number of aromatic nitrogens is 2. The van der Waals surface area contributed by atoms with Crippen LogP contribution in [0.4, 0.5) is 0 Å². The molecule has 1 aromatic carbocycles. The number of H-pyrrole nitrogens is 1. The van der Waals surface area contributed by atoms with Gasteiger partial charge in [0.1, 0.15) is 5.82 Å². The minimum Gasteiger partial charge on any atom is -0.341 e. The second-order valence-corrected chi connectivity index (χ2v) is 3.87. The third-order valence-corrected chi connectivity index (χ3v) is 2.51. The third kappa shape index (κ3) is 3.49. The third-order valence-electron chi connectivity index (χ3n) is 1.98. The first-order chi connectivity index (χ1) is 6.79. The van der Waals surface area contributed by atoms with Gasteiger partial charge in [0, 0.05) is 4.47 Å². The number of halogens is 3. The van der Waals surface area contributed by atoms with Crippen LogP contribution < -0.4 is 5.73 Å².